The number of benzene rings is 1. The maximum absolute atomic E-state index is 6.14. The molecule has 1 aromatic heterocycles. The zero-order valence-corrected chi connectivity index (χ0v) is 10.2. The molecule has 1 aromatic carbocycles. The summed E-state index contributed by atoms with van der Waals surface area (Å²) in [6.07, 6.45) is 5.21. The Morgan fingerprint density at radius 2 is 2.35 bits per heavy atom. The molecule has 88 valence electrons. The largest absolute Gasteiger partial charge is 0.314 e. The Hall–Kier alpha value is -1.19. The lowest BCUT2D eigenvalue weighted by Crippen LogP contribution is -2.24. The second kappa shape index (κ2) is 4.59. The van der Waals surface area contributed by atoms with Gasteiger partial charge in [0.15, 0.2) is 0 Å². The normalized spacial score (nSPS) is 19.9. The van der Waals surface area contributed by atoms with E-state index in [9.17, 15) is 0 Å². The van der Waals surface area contributed by atoms with Crippen LogP contribution in [0.15, 0.2) is 24.4 Å². The molecule has 0 radical (unpaired) electrons. The van der Waals surface area contributed by atoms with Crippen LogP contribution in [-0.2, 0) is 6.42 Å². The van der Waals surface area contributed by atoms with Crippen LogP contribution in [0, 0.1) is 0 Å². The van der Waals surface area contributed by atoms with E-state index in [1.54, 1.807) is 0 Å². The fraction of sp³-hybridized carbons (Fsp3) is 0.385. The van der Waals surface area contributed by atoms with Gasteiger partial charge < -0.3 is 5.32 Å². The number of fused-ring (bicyclic) bond motifs is 1. The van der Waals surface area contributed by atoms with Gasteiger partial charge in [-0.1, -0.05) is 23.7 Å². The van der Waals surface area contributed by atoms with E-state index in [2.05, 4.69) is 15.3 Å². The monoisotopic (exact) mass is 247 g/mol. The number of halogens is 1. The van der Waals surface area contributed by atoms with E-state index >= 15 is 0 Å². The van der Waals surface area contributed by atoms with Gasteiger partial charge in [0.2, 0.25) is 0 Å². The minimum Gasteiger partial charge on any atom is -0.314 e. The van der Waals surface area contributed by atoms with E-state index in [1.807, 2.05) is 24.4 Å². The Morgan fingerprint density at radius 1 is 1.41 bits per heavy atom. The van der Waals surface area contributed by atoms with E-state index in [-0.39, 0.29) is 0 Å². The van der Waals surface area contributed by atoms with Crippen molar-refractivity contribution in [3.05, 3.63) is 35.2 Å². The summed E-state index contributed by atoms with van der Waals surface area (Å²) in [5.41, 5.74) is 0.858. The first-order chi connectivity index (χ1) is 8.33. The SMILES string of the molecule is Clc1cccc2cnc(CC3CCCN3)nc12. The maximum Gasteiger partial charge on any atom is 0.130 e. The molecule has 2 heterocycles. The lowest BCUT2D eigenvalue weighted by Gasteiger charge is -2.09. The summed E-state index contributed by atoms with van der Waals surface area (Å²) in [6, 6.07) is 6.30. The minimum absolute atomic E-state index is 0.523. The molecule has 2 aromatic rings. The van der Waals surface area contributed by atoms with Crippen LogP contribution in [-0.4, -0.2) is 22.6 Å². The van der Waals surface area contributed by atoms with Crippen molar-refractivity contribution in [3.8, 4) is 0 Å². The zero-order valence-electron chi connectivity index (χ0n) is 9.49. The van der Waals surface area contributed by atoms with Crippen LogP contribution in [0.5, 0.6) is 0 Å². The van der Waals surface area contributed by atoms with Crippen molar-refractivity contribution in [1.29, 1.82) is 0 Å². The Labute approximate surface area is 105 Å². The van der Waals surface area contributed by atoms with Gasteiger partial charge in [0, 0.05) is 24.0 Å². The maximum atomic E-state index is 6.14. The lowest BCUT2D eigenvalue weighted by molar-refractivity contribution is 0.586. The van der Waals surface area contributed by atoms with Gasteiger partial charge >= 0.3 is 0 Å². The van der Waals surface area contributed by atoms with Gasteiger partial charge in [-0.05, 0) is 25.5 Å². The van der Waals surface area contributed by atoms with Crippen molar-refractivity contribution < 1.29 is 0 Å². The molecule has 1 saturated heterocycles. The van der Waals surface area contributed by atoms with Gasteiger partial charge in [-0.3, -0.25) is 0 Å². The van der Waals surface area contributed by atoms with E-state index in [4.69, 9.17) is 11.6 Å². The van der Waals surface area contributed by atoms with E-state index in [0.29, 0.717) is 11.1 Å². The molecule has 0 amide bonds. The average Bonchev–Trinajstić information content (AvgIpc) is 2.83. The van der Waals surface area contributed by atoms with Crippen molar-refractivity contribution in [1.82, 2.24) is 15.3 Å². The van der Waals surface area contributed by atoms with Gasteiger partial charge in [0.25, 0.3) is 0 Å². The zero-order chi connectivity index (χ0) is 11.7. The van der Waals surface area contributed by atoms with Crippen molar-refractivity contribution in [3.63, 3.8) is 0 Å². The number of hydrogen-bond acceptors (Lipinski definition) is 3. The van der Waals surface area contributed by atoms with Crippen LogP contribution in [0.4, 0.5) is 0 Å². The first-order valence-corrected chi connectivity index (χ1v) is 6.34. The van der Waals surface area contributed by atoms with Crippen molar-refractivity contribution in [2.75, 3.05) is 6.54 Å². The second-order valence-corrected chi connectivity index (χ2v) is 4.87. The third-order valence-electron chi connectivity index (χ3n) is 3.20. The van der Waals surface area contributed by atoms with Crippen LogP contribution < -0.4 is 5.32 Å². The van der Waals surface area contributed by atoms with Crippen LogP contribution in [0.1, 0.15) is 18.7 Å². The molecule has 17 heavy (non-hydrogen) atoms. The Balaban J connectivity index is 1.92. The van der Waals surface area contributed by atoms with Crippen molar-refractivity contribution in [2.24, 2.45) is 0 Å². The minimum atomic E-state index is 0.523. The van der Waals surface area contributed by atoms with Crippen LogP contribution in [0.3, 0.4) is 0 Å². The second-order valence-electron chi connectivity index (χ2n) is 4.46. The molecule has 4 heteroatoms. The fourth-order valence-corrected chi connectivity index (χ4v) is 2.53. The molecule has 0 aliphatic carbocycles. The highest BCUT2D eigenvalue weighted by molar-refractivity contribution is 6.34. The summed E-state index contributed by atoms with van der Waals surface area (Å²) in [6.45, 7) is 1.11. The number of para-hydroxylation sites is 1. The van der Waals surface area contributed by atoms with Gasteiger partial charge in [-0.2, -0.15) is 0 Å². The van der Waals surface area contributed by atoms with Gasteiger partial charge in [-0.25, -0.2) is 9.97 Å². The fourth-order valence-electron chi connectivity index (χ4n) is 2.31. The van der Waals surface area contributed by atoms with Crippen molar-refractivity contribution in [2.45, 2.75) is 25.3 Å². The molecule has 1 atom stereocenters. The summed E-state index contributed by atoms with van der Waals surface area (Å²) in [5, 5.41) is 5.15. The highest BCUT2D eigenvalue weighted by Gasteiger charge is 2.16. The number of aromatic nitrogens is 2. The molecule has 3 rings (SSSR count). The summed E-state index contributed by atoms with van der Waals surface area (Å²) < 4.78 is 0. The first kappa shape index (κ1) is 10.9. The van der Waals surface area contributed by atoms with Crippen LogP contribution in [0.2, 0.25) is 5.02 Å². The highest BCUT2D eigenvalue weighted by Crippen LogP contribution is 2.21. The molecule has 0 saturated carbocycles. The number of nitrogens with zero attached hydrogens (tertiary/aromatic N) is 2. The average molecular weight is 248 g/mol. The molecular weight excluding hydrogens is 234 g/mol. The number of rotatable bonds is 2. The third-order valence-corrected chi connectivity index (χ3v) is 3.51. The molecule has 1 aliphatic heterocycles. The Kier molecular flexibility index (Phi) is 2.95. The highest BCUT2D eigenvalue weighted by atomic mass is 35.5. The van der Waals surface area contributed by atoms with E-state index < -0.39 is 0 Å². The summed E-state index contributed by atoms with van der Waals surface area (Å²) >= 11 is 6.14. The lowest BCUT2D eigenvalue weighted by atomic mass is 10.1. The summed E-state index contributed by atoms with van der Waals surface area (Å²) in [5.74, 6) is 0.880. The molecule has 1 N–H and O–H groups in total. The number of nitrogens with one attached hydrogen (secondary N) is 1. The summed E-state index contributed by atoms with van der Waals surface area (Å²) in [4.78, 5) is 8.96. The van der Waals surface area contributed by atoms with Gasteiger partial charge in [0.1, 0.15) is 5.82 Å². The Bertz CT molecular complexity index is 535. The first-order valence-electron chi connectivity index (χ1n) is 5.96. The predicted octanol–water partition coefficient (Wildman–Crippen LogP) is 2.58. The predicted molar refractivity (Wildman–Crippen MR) is 69.3 cm³/mol. The van der Waals surface area contributed by atoms with E-state index in [1.165, 1.54) is 12.8 Å². The standard InChI is InChI=1S/C13H14ClN3/c14-11-5-1-3-9-8-16-12(17-13(9)11)7-10-4-2-6-15-10/h1,3,5,8,10,15H,2,4,6-7H2. The molecular formula is C13H14ClN3. The Morgan fingerprint density at radius 3 is 3.18 bits per heavy atom. The third kappa shape index (κ3) is 2.26. The molecule has 1 unspecified atom stereocenters. The molecule has 0 bridgehead atoms. The summed E-state index contributed by atoms with van der Waals surface area (Å²) in [7, 11) is 0. The van der Waals surface area contributed by atoms with Gasteiger partial charge in [0.05, 0.1) is 10.5 Å². The smallest absolute Gasteiger partial charge is 0.130 e. The van der Waals surface area contributed by atoms with E-state index in [0.717, 1.165) is 29.7 Å². The quantitative estimate of drug-likeness (QED) is 0.887. The van der Waals surface area contributed by atoms with Crippen LogP contribution >= 0.6 is 11.6 Å². The number of hydrogen-bond donors (Lipinski definition) is 1. The van der Waals surface area contributed by atoms with Crippen molar-refractivity contribution >= 4 is 22.5 Å². The molecule has 1 fully saturated rings. The topological polar surface area (TPSA) is 37.8 Å². The molecule has 3 nitrogen and oxygen atoms in total. The van der Waals surface area contributed by atoms with Gasteiger partial charge in [-0.15, -0.1) is 0 Å². The molecule has 1 aliphatic rings. The van der Waals surface area contributed by atoms with Crippen LogP contribution in [0.25, 0.3) is 10.9 Å². The molecule has 0 spiro atoms.